The summed E-state index contributed by atoms with van der Waals surface area (Å²) in [5.41, 5.74) is 7.97. The van der Waals surface area contributed by atoms with Gasteiger partial charge < -0.3 is 10.5 Å². The Kier molecular flexibility index (Phi) is 5.23. The van der Waals surface area contributed by atoms with Gasteiger partial charge in [0.25, 0.3) is 0 Å². The Hall–Kier alpha value is -2.24. The smallest absolute Gasteiger partial charge is 0.149 e. The van der Waals surface area contributed by atoms with Crippen molar-refractivity contribution < 1.29 is 4.74 Å². The molecule has 2 aromatic rings. The third-order valence-electron chi connectivity index (χ3n) is 2.82. The molecule has 1 atom stereocenters. The highest BCUT2D eigenvalue weighted by Crippen LogP contribution is 2.19. The molecule has 0 aliphatic carbocycles. The Morgan fingerprint density at radius 1 is 1.05 bits per heavy atom. The molecule has 0 radical (unpaired) electrons. The van der Waals surface area contributed by atoms with Gasteiger partial charge in [-0.25, -0.2) is 0 Å². The number of rotatable bonds is 4. The minimum absolute atomic E-state index is 0.121. The first-order valence-electron chi connectivity index (χ1n) is 6.76. The van der Waals surface area contributed by atoms with Gasteiger partial charge in [0.05, 0.1) is 0 Å². The van der Waals surface area contributed by atoms with E-state index in [0.29, 0.717) is 6.61 Å². The van der Waals surface area contributed by atoms with Crippen LogP contribution in [0.5, 0.6) is 5.75 Å². The van der Waals surface area contributed by atoms with Gasteiger partial charge in [0.15, 0.2) is 0 Å². The molecule has 0 bridgehead atoms. The van der Waals surface area contributed by atoms with Gasteiger partial charge >= 0.3 is 0 Å². The first-order valence-corrected chi connectivity index (χ1v) is 6.76. The normalized spacial score (nSPS) is 11.3. The molecule has 2 heteroatoms. The highest BCUT2D eigenvalue weighted by molar-refractivity contribution is 5.36. The highest BCUT2D eigenvalue weighted by Gasteiger charge is 2.04. The third kappa shape index (κ3) is 4.46. The fourth-order valence-electron chi connectivity index (χ4n) is 1.93. The Bertz CT molecular complexity index is 594. The summed E-state index contributed by atoms with van der Waals surface area (Å²) in [6.07, 6.45) is 0.808. The van der Waals surface area contributed by atoms with Crippen LogP contribution in [0.25, 0.3) is 0 Å². The zero-order chi connectivity index (χ0) is 14.2. The van der Waals surface area contributed by atoms with Gasteiger partial charge in [0.1, 0.15) is 12.4 Å². The molecule has 0 saturated carbocycles. The van der Waals surface area contributed by atoms with Crippen LogP contribution in [0.2, 0.25) is 0 Å². The maximum atomic E-state index is 5.84. The lowest BCUT2D eigenvalue weighted by Crippen LogP contribution is -2.18. The van der Waals surface area contributed by atoms with Gasteiger partial charge in [-0.2, -0.15) is 0 Å². The van der Waals surface area contributed by atoms with Crippen molar-refractivity contribution in [2.24, 2.45) is 5.73 Å². The fraction of sp³-hybridized carbons (Fsp3) is 0.222. The van der Waals surface area contributed by atoms with E-state index in [0.717, 1.165) is 23.3 Å². The highest BCUT2D eigenvalue weighted by atomic mass is 16.5. The summed E-state index contributed by atoms with van der Waals surface area (Å²) in [7, 11) is 0. The van der Waals surface area contributed by atoms with E-state index in [1.54, 1.807) is 0 Å². The number of hydrogen-bond acceptors (Lipinski definition) is 2. The number of hydrogen-bond donors (Lipinski definition) is 1. The quantitative estimate of drug-likeness (QED) is 0.862. The van der Waals surface area contributed by atoms with Crippen LogP contribution in [0.3, 0.4) is 0 Å². The number of ether oxygens (including phenoxy) is 1. The summed E-state index contributed by atoms with van der Waals surface area (Å²) < 4.78 is 5.73. The Morgan fingerprint density at radius 3 is 2.50 bits per heavy atom. The van der Waals surface area contributed by atoms with E-state index < -0.39 is 0 Å². The van der Waals surface area contributed by atoms with E-state index in [9.17, 15) is 0 Å². The van der Waals surface area contributed by atoms with Gasteiger partial charge in [-0.05, 0) is 37.1 Å². The molecular formula is C18H19NO. The maximum absolute atomic E-state index is 5.84. The van der Waals surface area contributed by atoms with Gasteiger partial charge in [-0.15, -0.1) is 0 Å². The lowest BCUT2D eigenvalue weighted by Gasteiger charge is -2.11. The van der Waals surface area contributed by atoms with E-state index >= 15 is 0 Å². The van der Waals surface area contributed by atoms with E-state index in [1.165, 1.54) is 0 Å². The first-order chi connectivity index (χ1) is 9.75. The fourth-order valence-corrected chi connectivity index (χ4v) is 1.93. The van der Waals surface area contributed by atoms with Crippen molar-refractivity contribution in [1.29, 1.82) is 0 Å². The number of nitrogens with two attached hydrogens (primary N) is 1. The predicted molar refractivity (Wildman–Crippen MR) is 82.6 cm³/mol. The summed E-state index contributed by atoms with van der Waals surface area (Å²) in [5, 5.41) is 0. The summed E-state index contributed by atoms with van der Waals surface area (Å²) in [6, 6.07) is 18.0. The molecule has 0 heterocycles. The van der Waals surface area contributed by atoms with E-state index in [4.69, 9.17) is 10.5 Å². The van der Waals surface area contributed by atoms with Crippen LogP contribution >= 0.6 is 0 Å². The summed E-state index contributed by atoms with van der Waals surface area (Å²) in [5.74, 6) is 6.97. The van der Waals surface area contributed by atoms with Crippen molar-refractivity contribution in [3.8, 4) is 17.6 Å². The van der Waals surface area contributed by atoms with Crippen molar-refractivity contribution >= 4 is 0 Å². The average molecular weight is 265 g/mol. The molecule has 1 unspecified atom stereocenters. The second-order valence-corrected chi connectivity index (χ2v) is 4.75. The molecule has 2 nitrogen and oxygen atoms in total. The molecule has 2 N–H and O–H groups in total. The summed E-state index contributed by atoms with van der Waals surface area (Å²) >= 11 is 0. The molecule has 0 aliphatic rings. The van der Waals surface area contributed by atoms with E-state index in [-0.39, 0.29) is 6.04 Å². The van der Waals surface area contributed by atoms with Crippen molar-refractivity contribution in [2.75, 3.05) is 6.61 Å². The summed E-state index contributed by atoms with van der Waals surface area (Å²) in [6.45, 7) is 2.37. The molecule has 0 spiro atoms. The number of para-hydroxylation sites is 1. The summed E-state index contributed by atoms with van der Waals surface area (Å²) in [4.78, 5) is 0. The van der Waals surface area contributed by atoms with Crippen LogP contribution in [0.1, 0.15) is 18.1 Å². The van der Waals surface area contributed by atoms with Crippen LogP contribution in [-0.2, 0) is 6.42 Å². The molecule has 0 saturated heterocycles. The lowest BCUT2D eigenvalue weighted by atomic mass is 10.1. The van der Waals surface area contributed by atoms with Gasteiger partial charge in [0.2, 0.25) is 0 Å². The largest absolute Gasteiger partial charge is 0.481 e. The zero-order valence-corrected chi connectivity index (χ0v) is 11.7. The molecule has 0 fully saturated rings. The molecule has 0 aromatic heterocycles. The van der Waals surface area contributed by atoms with Crippen molar-refractivity contribution in [3.63, 3.8) is 0 Å². The van der Waals surface area contributed by atoms with Gasteiger partial charge in [-0.1, -0.05) is 48.2 Å². The average Bonchev–Trinajstić information content (AvgIpc) is 2.46. The minimum atomic E-state index is 0.121. The molecular weight excluding hydrogens is 246 g/mol. The lowest BCUT2D eigenvalue weighted by molar-refractivity contribution is 0.365. The molecule has 0 amide bonds. The van der Waals surface area contributed by atoms with Crippen molar-refractivity contribution in [2.45, 2.75) is 19.4 Å². The molecule has 102 valence electrons. The second-order valence-electron chi connectivity index (χ2n) is 4.75. The monoisotopic (exact) mass is 265 g/mol. The molecule has 20 heavy (non-hydrogen) atoms. The van der Waals surface area contributed by atoms with Crippen molar-refractivity contribution in [1.82, 2.24) is 0 Å². The second kappa shape index (κ2) is 7.37. The van der Waals surface area contributed by atoms with E-state index in [1.807, 2.05) is 61.5 Å². The standard InChI is InChI=1S/C18H19NO/c1-15(19)14-17-11-5-6-12-18(17)20-13-7-10-16-8-3-2-4-9-16/h2-6,8-9,11-12,15H,13-14,19H2,1H3. The Labute approximate surface area is 120 Å². The molecule has 2 aromatic carbocycles. The maximum Gasteiger partial charge on any atom is 0.149 e. The van der Waals surface area contributed by atoms with E-state index in [2.05, 4.69) is 11.8 Å². The van der Waals surface area contributed by atoms with Crippen LogP contribution in [0.15, 0.2) is 54.6 Å². The van der Waals surface area contributed by atoms with Gasteiger partial charge in [-0.3, -0.25) is 0 Å². The van der Waals surface area contributed by atoms with Crippen LogP contribution in [-0.4, -0.2) is 12.6 Å². The van der Waals surface area contributed by atoms with Crippen LogP contribution in [0, 0.1) is 11.8 Å². The number of benzene rings is 2. The molecule has 0 aliphatic heterocycles. The zero-order valence-electron chi connectivity index (χ0n) is 11.7. The van der Waals surface area contributed by atoms with Gasteiger partial charge in [0, 0.05) is 11.6 Å². The Balaban J connectivity index is 1.96. The first kappa shape index (κ1) is 14.2. The van der Waals surface area contributed by atoms with Crippen LogP contribution in [0.4, 0.5) is 0 Å². The molecule has 2 rings (SSSR count). The van der Waals surface area contributed by atoms with Crippen molar-refractivity contribution in [3.05, 3.63) is 65.7 Å². The van der Waals surface area contributed by atoms with Crippen LogP contribution < -0.4 is 10.5 Å². The Morgan fingerprint density at radius 2 is 1.75 bits per heavy atom. The minimum Gasteiger partial charge on any atom is -0.481 e. The third-order valence-corrected chi connectivity index (χ3v) is 2.82. The predicted octanol–water partition coefficient (Wildman–Crippen LogP) is 3.01. The topological polar surface area (TPSA) is 35.2 Å². The SMILES string of the molecule is CC(N)Cc1ccccc1OCC#Cc1ccccc1.